The summed E-state index contributed by atoms with van der Waals surface area (Å²) in [5, 5.41) is 0.641. The second-order valence-corrected chi connectivity index (χ2v) is 11.0. The third-order valence-corrected chi connectivity index (χ3v) is 7.13. The Morgan fingerprint density at radius 2 is 1.60 bits per heavy atom. The van der Waals surface area contributed by atoms with E-state index in [1.807, 2.05) is 0 Å². The molecule has 0 radical (unpaired) electrons. The number of nitrogens with zero attached hydrogens (tertiary/aromatic N) is 4. The van der Waals surface area contributed by atoms with Crippen molar-refractivity contribution >= 4 is 34.5 Å². The predicted octanol–water partition coefficient (Wildman–Crippen LogP) is 4.95. The van der Waals surface area contributed by atoms with Gasteiger partial charge in [0.15, 0.2) is 0 Å². The Labute approximate surface area is 240 Å². The lowest BCUT2D eigenvalue weighted by atomic mass is 10.0. The van der Waals surface area contributed by atoms with Crippen LogP contribution < -0.4 is 10.3 Å². The van der Waals surface area contributed by atoms with Crippen LogP contribution in [0.25, 0.3) is 27.9 Å². The van der Waals surface area contributed by atoms with Crippen LogP contribution in [0, 0.1) is 0 Å². The highest BCUT2D eigenvalue weighted by Crippen LogP contribution is 2.37. The van der Waals surface area contributed by atoms with Crippen LogP contribution >= 0.6 is 0 Å². The van der Waals surface area contributed by atoms with Crippen molar-refractivity contribution in [2.45, 2.75) is 32.8 Å². The highest BCUT2D eigenvalue weighted by molar-refractivity contribution is 6.21. The molecule has 4 heterocycles. The van der Waals surface area contributed by atoms with Gasteiger partial charge in [-0.3, -0.25) is 23.7 Å². The summed E-state index contributed by atoms with van der Waals surface area (Å²) in [7, 11) is 1.54. The summed E-state index contributed by atoms with van der Waals surface area (Å²) in [4.78, 5) is 59.2. The van der Waals surface area contributed by atoms with Crippen LogP contribution in [0.2, 0.25) is 0 Å². The van der Waals surface area contributed by atoms with E-state index in [0.717, 1.165) is 0 Å². The van der Waals surface area contributed by atoms with Crippen molar-refractivity contribution in [3.8, 4) is 17.1 Å². The Morgan fingerprint density at radius 1 is 0.905 bits per heavy atom. The number of carbonyl (C=O) groups excluding carboxylic acids is 3. The smallest absolute Gasteiger partial charge is 0.419 e. The number of benzene rings is 2. The van der Waals surface area contributed by atoms with E-state index in [1.54, 1.807) is 87.6 Å². The number of hydrogen-bond donors (Lipinski definition) is 0. The number of amides is 2. The minimum Gasteiger partial charge on any atom is -0.497 e. The molecule has 5 aromatic rings. The Morgan fingerprint density at radius 3 is 2.26 bits per heavy atom. The van der Waals surface area contributed by atoms with Crippen molar-refractivity contribution < 1.29 is 23.9 Å². The average Bonchev–Trinajstić information content (AvgIpc) is 3.41. The predicted molar refractivity (Wildman–Crippen MR) is 156 cm³/mol. The van der Waals surface area contributed by atoms with Crippen LogP contribution in [-0.4, -0.2) is 56.0 Å². The minimum atomic E-state index is -0.811. The molecule has 212 valence electrons. The first-order valence-electron chi connectivity index (χ1n) is 13.5. The van der Waals surface area contributed by atoms with Crippen LogP contribution in [0.5, 0.6) is 5.75 Å². The minimum absolute atomic E-state index is 0.0382. The molecule has 0 unspecified atom stereocenters. The summed E-state index contributed by atoms with van der Waals surface area (Å²) in [6, 6.07) is 18.5. The molecule has 1 aliphatic heterocycles. The third kappa shape index (κ3) is 4.50. The van der Waals surface area contributed by atoms with Crippen LogP contribution in [0.3, 0.4) is 0 Å². The monoisotopic (exact) mass is 564 g/mol. The fourth-order valence-corrected chi connectivity index (χ4v) is 5.32. The summed E-state index contributed by atoms with van der Waals surface area (Å²) >= 11 is 0. The number of ether oxygens (including phenoxy) is 2. The van der Waals surface area contributed by atoms with Crippen molar-refractivity contribution in [2.75, 3.05) is 13.7 Å². The van der Waals surface area contributed by atoms with E-state index in [4.69, 9.17) is 14.5 Å². The van der Waals surface area contributed by atoms with Gasteiger partial charge in [0.05, 0.1) is 35.1 Å². The Balaban J connectivity index is 1.57. The normalized spacial score (nSPS) is 13.2. The fraction of sp³-hybridized carbons (Fsp3) is 0.219. The lowest BCUT2D eigenvalue weighted by Gasteiger charge is -2.21. The molecule has 0 spiro atoms. The number of aromatic nitrogens is 3. The molecule has 0 saturated heterocycles. The van der Waals surface area contributed by atoms with Gasteiger partial charge in [0.2, 0.25) is 0 Å². The molecule has 0 N–H and O–H groups in total. The van der Waals surface area contributed by atoms with Crippen LogP contribution in [0.1, 0.15) is 47.1 Å². The van der Waals surface area contributed by atoms with Gasteiger partial charge in [0.25, 0.3) is 17.4 Å². The number of imide groups is 1. The van der Waals surface area contributed by atoms with Crippen LogP contribution in [0.4, 0.5) is 4.79 Å². The van der Waals surface area contributed by atoms with E-state index in [-0.39, 0.29) is 36.0 Å². The maximum atomic E-state index is 13.8. The Bertz CT molecular complexity index is 1950. The number of rotatable bonds is 5. The van der Waals surface area contributed by atoms with Crippen molar-refractivity contribution in [2.24, 2.45) is 0 Å². The highest BCUT2D eigenvalue weighted by atomic mass is 16.6. The Kier molecular flexibility index (Phi) is 6.41. The van der Waals surface area contributed by atoms with E-state index in [9.17, 15) is 19.2 Å². The van der Waals surface area contributed by atoms with Crippen molar-refractivity contribution in [1.82, 2.24) is 18.9 Å². The number of methoxy groups -OCH3 is 1. The topological polar surface area (TPSA) is 112 Å². The quantitative estimate of drug-likeness (QED) is 0.278. The van der Waals surface area contributed by atoms with Gasteiger partial charge in [-0.2, -0.15) is 0 Å². The second-order valence-electron chi connectivity index (χ2n) is 11.0. The lowest BCUT2D eigenvalue weighted by Crippen LogP contribution is -2.32. The molecule has 3 aromatic heterocycles. The van der Waals surface area contributed by atoms with E-state index in [1.165, 1.54) is 27.0 Å². The van der Waals surface area contributed by atoms with Gasteiger partial charge >= 0.3 is 6.09 Å². The van der Waals surface area contributed by atoms with Gasteiger partial charge in [-0.1, -0.05) is 18.2 Å². The maximum Gasteiger partial charge on any atom is 0.419 e. The Hall–Kier alpha value is -5.25. The molecule has 10 heteroatoms. The first-order valence-corrected chi connectivity index (χ1v) is 13.5. The van der Waals surface area contributed by atoms with Gasteiger partial charge in [-0.25, -0.2) is 14.3 Å². The molecule has 0 aliphatic carbocycles. The molecule has 10 nitrogen and oxygen atoms in total. The molecule has 2 aromatic carbocycles. The third-order valence-electron chi connectivity index (χ3n) is 7.13. The van der Waals surface area contributed by atoms with Crippen molar-refractivity contribution in [1.29, 1.82) is 0 Å². The molecule has 0 saturated carbocycles. The SMILES string of the molecule is COc1ccc2c(c1)c(CCN1C(=O)c3ccccc3C1=O)c(-c1cc(=O)n3ccccc3n1)n2C(=O)OC(C)(C)C. The summed E-state index contributed by atoms with van der Waals surface area (Å²) in [6.45, 7) is 5.34. The molecule has 0 fully saturated rings. The largest absolute Gasteiger partial charge is 0.497 e. The highest BCUT2D eigenvalue weighted by Gasteiger charge is 2.36. The van der Waals surface area contributed by atoms with E-state index in [0.29, 0.717) is 44.7 Å². The van der Waals surface area contributed by atoms with Crippen molar-refractivity contribution in [3.63, 3.8) is 0 Å². The summed E-state index contributed by atoms with van der Waals surface area (Å²) in [6.07, 6.45) is 1.14. The zero-order valence-electron chi connectivity index (χ0n) is 23.6. The van der Waals surface area contributed by atoms with Gasteiger partial charge in [-0.15, -0.1) is 0 Å². The van der Waals surface area contributed by atoms with Gasteiger partial charge in [-0.05, 0) is 75.2 Å². The molecular weight excluding hydrogens is 536 g/mol. The number of pyridine rings is 1. The molecular formula is C32H28N4O6. The van der Waals surface area contributed by atoms with E-state index >= 15 is 0 Å². The van der Waals surface area contributed by atoms with Gasteiger partial charge in [0, 0.05) is 24.2 Å². The van der Waals surface area contributed by atoms with Crippen molar-refractivity contribution in [3.05, 3.63) is 100.0 Å². The number of carbonyl (C=O) groups is 3. The first-order chi connectivity index (χ1) is 20.1. The standard InChI is InChI=1S/C32H28N4O6/c1-32(2,3)42-31(40)36-25-13-12-19(41-4)17-23(25)20(14-16-35-29(38)21-9-5-6-10-22(21)30(35)39)28(36)24-18-27(37)34-15-8-7-11-26(34)33-24/h5-13,15,17-18H,14,16H2,1-4H3. The maximum absolute atomic E-state index is 13.8. The molecule has 0 atom stereocenters. The van der Waals surface area contributed by atoms with Crippen LogP contribution in [0.15, 0.2) is 77.7 Å². The first kappa shape index (κ1) is 26.9. The zero-order chi connectivity index (χ0) is 29.8. The molecule has 42 heavy (non-hydrogen) atoms. The van der Waals surface area contributed by atoms with E-state index < -0.39 is 11.7 Å². The second kappa shape index (κ2) is 9.99. The fourth-order valence-electron chi connectivity index (χ4n) is 5.32. The summed E-state index contributed by atoms with van der Waals surface area (Å²) < 4.78 is 14.1. The van der Waals surface area contributed by atoms with Crippen LogP contribution in [-0.2, 0) is 11.2 Å². The average molecular weight is 565 g/mol. The number of fused-ring (bicyclic) bond motifs is 3. The zero-order valence-corrected chi connectivity index (χ0v) is 23.6. The van der Waals surface area contributed by atoms with Gasteiger partial charge in [0.1, 0.15) is 17.0 Å². The molecule has 2 amide bonds. The summed E-state index contributed by atoms with van der Waals surface area (Å²) in [5.74, 6) is -0.218. The summed E-state index contributed by atoms with van der Waals surface area (Å²) in [5.41, 5.74) is 1.66. The lowest BCUT2D eigenvalue weighted by molar-refractivity contribution is 0.0544. The molecule has 6 rings (SSSR count). The molecule has 0 bridgehead atoms. The molecule has 1 aliphatic rings. The van der Waals surface area contributed by atoms with Gasteiger partial charge < -0.3 is 9.47 Å². The number of hydrogen-bond acceptors (Lipinski definition) is 7. The van der Waals surface area contributed by atoms with E-state index in [2.05, 4.69) is 0 Å².